The Labute approximate surface area is 127 Å². The number of halogens is 1. The lowest BCUT2D eigenvalue weighted by Crippen LogP contribution is -2.20. The van der Waals surface area contributed by atoms with Crippen molar-refractivity contribution in [2.24, 2.45) is 5.73 Å². The van der Waals surface area contributed by atoms with E-state index in [2.05, 4.69) is 43.5 Å². The maximum absolute atomic E-state index is 5.54. The van der Waals surface area contributed by atoms with Crippen molar-refractivity contribution in [2.45, 2.75) is 19.4 Å². The van der Waals surface area contributed by atoms with Crippen LogP contribution in [0.3, 0.4) is 0 Å². The second-order valence-corrected chi connectivity index (χ2v) is 5.37. The predicted octanol–water partition coefficient (Wildman–Crippen LogP) is 3.13. The van der Waals surface area contributed by atoms with Crippen LogP contribution in [-0.2, 0) is 0 Å². The molecule has 0 radical (unpaired) electrons. The number of nitrogens with one attached hydrogen (secondary N) is 2. The Bertz CT molecular complexity index is 561. The van der Waals surface area contributed by atoms with E-state index in [9.17, 15) is 0 Å². The molecule has 1 unspecified atom stereocenters. The number of rotatable bonds is 6. The van der Waals surface area contributed by atoms with Crippen molar-refractivity contribution < 1.29 is 0 Å². The van der Waals surface area contributed by atoms with E-state index in [-0.39, 0.29) is 6.04 Å². The molecule has 1 atom stereocenters. The van der Waals surface area contributed by atoms with Gasteiger partial charge in [0.15, 0.2) is 0 Å². The molecule has 5 nitrogen and oxygen atoms in total. The third kappa shape index (κ3) is 4.18. The van der Waals surface area contributed by atoms with Gasteiger partial charge in [-0.1, -0.05) is 12.1 Å². The fourth-order valence-corrected chi connectivity index (χ4v) is 2.16. The molecule has 106 valence electrons. The van der Waals surface area contributed by atoms with Gasteiger partial charge in [0.1, 0.15) is 18.0 Å². The van der Waals surface area contributed by atoms with Crippen molar-refractivity contribution >= 4 is 33.3 Å². The van der Waals surface area contributed by atoms with Crippen molar-refractivity contribution in [3.8, 4) is 0 Å². The lowest BCUT2D eigenvalue weighted by Gasteiger charge is -2.14. The van der Waals surface area contributed by atoms with E-state index in [0.717, 1.165) is 28.2 Å². The lowest BCUT2D eigenvalue weighted by atomic mass is 10.2. The third-order valence-electron chi connectivity index (χ3n) is 2.80. The van der Waals surface area contributed by atoms with E-state index < -0.39 is 0 Å². The van der Waals surface area contributed by atoms with Gasteiger partial charge in [0.25, 0.3) is 0 Å². The summed E-state index contributed by atoms with van der Waals surface area (Å²) in [6.45, 7) is 2.73. The molecule has 0 aliphatic heterocycles. The first-order chi connectivity index (χ1) is 9.69. The van der Waals surface area contributed by atoms with Gasteiger partial charge in [-0.3, -0.25) is 0 Å². The molecule has 0 amide bonds. The molecule has 1 aromatic heterocycles. The normalized spacial score (nSPS) is 11.9. The average molecular weight is 336 g/mol. The predicted molar refractivity (Wildman–Crippen MR) is 86.2 cm³/mol. The quantitative estimate of drug-likeness (QED) is 0.756. The number of nitrogens with zero attached hydrogens (tertiary/aromatic N) is 2. The Kier molecular flexibility index (Phi) is 5.31. The molecule has 0 aliphatic carbocycles. The first-order valence-corrected chi connectivity index (χ1v) is 7.28. The van der Waals surface area contributed by atoms with Gasteiger partial charge in [0.05, 0.1) is 5.69 Å². The molecule has 0 saturated heterocycles. The Morgan fingerprint density at radius 2 is 2.00 bits per heavy atom. The first-order valence-electron chi connectivity index (χ1n) is 6.49. The van der Waals surface area contributed by atoms with Crippen LogP contribution in [0, 0.1) is 0 Å². The van der Waals surface area contributed by atoms with Gasteiger partial charge in [-0.05, 0) is 48.0 Å². The van der Waals surface area contributed by atoms with Crippen LogP contribution in [0.15, 0.2) is 41.1 Å². The minimum atomic E-state index is 0.284. The summed E-state index contributed by atoms with van der Waals surface area (Å²) in [7, 11) is 0. The van der Waals surface area contributed by atoms with Crippen molar-refractivity contribution in [2.75, 3.05) is 17.2 Å². The van der Waals surface area contributed by atoms with Crippen molar-refractivity contribution in [3.63, 3.8) is 0 Å². The molecular formula is C14H18BrN5. The fourth-order valence-electron chi connectivity index (χ4n) is 1.78. The Hall–Kier alpha value is -1.66. The average Bonchev–Trinajstić information content (AvgIpc) is 2.42. The second-order valence-electron chi connectivity index (χ2n) is 4.52. The molecule has 6 heteroatoms. The summed E-state index contributed by atoms with van der Waals surface area (Å²) in [6, 6.07) is 10.1. The minimum Gasteiger partial charge on any atom is -0.367 e. The molecule has 0 saturated carbocycles. The van der Waals surface area contributed by atoms with E-state index in [1.165, 1.54) is 6.33 Å². The molecule has 2 aromatic rings. The molecule has 1 heterocycles. The number of aromatic nitrogens is 2. The van der Waals surface area contributed by atoms with Crippen LogP contribution >= 0.6 is 15.9 Å². The van der Waals surface area contributed by atoms with E-state index in [0.29, 0.717) is 6.54 Å². The molecule has 2 rings (SSSR count). The fraction of sp³-hybridized carbons (Fsp3) is 0.286. The highest BCUT2D eigenvalue weighted by molar-refractivity contribution is 9.10. The zero-order valence-corrected chi connectivity index (χ0v) is 12.9. The number of anilines is 3. The molecule has 0 aliphatic rings. The highest BCUT2D eigenvalue weighted by atomic mass is 79.9. The zero-order valence-electron chi connectivity index (χ0n) is 11.3. The Balaban J connectivity index is 2.08. The lowest BCUT2D eigenvalue weighted by molar-refractivity contribution is 0.713. The Morgan fingerprint density at radius 1 is 1.25 bits per heavy atom. The standard InChI is InChI=1S/C14H18BrN5/c1-10(6-7-16)19-13-8-14(18-9-17-13)20-12-5-3-2-4-11(12)15/h2-5,8-10H,6-7,16H2,1H3,(H2,17,18,19,20). The zero-order chi connectivity index (χ0) is 14.4. The largest absolute Gasteiger partial charge is 0.367 e. The maximum Gasteiger partial charge on any atom is 0.135 e. The molecule has 0 spiro atoms. The summed E-state index contributed by atoms with van der Waals surface area (Å²) in [5, 5.41) is 6.56. The van der Waals surface area contributed by atoms with Gasteiger partial charge < -0.3 is 16.4 Å². The molecule has 0 bridgehead atoms. The third-order valence-corrected chi connectivity index (χ3v) is 3.49. The maximum atomic E-state index is 5.54. The molecular weight excluding hydrogens is 318 g/mol. The number of para-hydroxylation sites is 1. The monoisotopic (exact) mass is 335 g/mol. The van der Waals surface area contributed by atoms with Gasteiger partial charge in [-0.25, -0.2) is 9.97 Å². The van der Waals surface area contributed by atoms with Crippen LogP contribution < -0.4 is 16.4 Å². The van der Waals surface area contributed by atoms with Crippen LogP contribution in [0.4, 0.5) is 17.3 Å². The van der Waals surface area contributed by atoms with Crippen LogP contribution in [0.1, 0.15) is 13.3 Å². The van der Waals surface area contributed by atoms with Crippen LogP contribution in [0.5, 0.6) is 0 Å². The van der Waals surface area contributed by atoms with E-state index in [1.807, 2.05) is 30.3 Å². The topological polar surface area (TPSA) is 75.9 Å². The summed E-state index contributed by atoms with van der Waals surface area (Å²) in [6.07, 6.45) is 2.44. The number of hydrogen-bond acceptors (Lipinski definition) is 5. The molecule has 1 aromatic carbocycles. The van der Waals surface area contributed by atoms with Crippen LogP contribution in [0.2, 0.25) is 0 Å². The van der Waals surface area contributed by atoms with E-state index in [4.69, 9.17) is 5.73 Å². The summed E-state index contributed by atoms with van der Waals surface area (Å²) in [4.78, 5) is 8.43. The van der Waals surface area contributed by atoms with E-state index in [1.54, 1.807) is 0 Å². The summed E-state index contributed by atoms with van der Waals surface area (Å²) >= 11 is 3.50. The van der Waals surface area contributed by atoms with Gasteiger partial charge in [-0.2, -0.15) is 0 Å². The van der Waals surface area contributed by atoms with E-state index >= 15 is 0 Å². The minimum absolute atomic E-state index is 0.284. The summed E-state index contributed by atoms with van der Waals surface area (Å²) < 4.78 is 0.990. The highest BCUT2D eigenvalue weighted by Crippen LogP contribution is 2.24. The van der Waals surface area contributed by atoms with Gasteiger partial charge >= 0.3 is 0 Å². The summed E-state index contributed by atoms with van der Waals surface area (Å²) in [5.74, 6) is 1.53. The van der Waals surface area contributed by atoms with Gasteiger partial charge in [-0.15, -0.1) is 0 Å². The van der Waals surface area contributed by atoms with Crippen LogP contribution in [0.25, 0.3) is 0 Å². The van der Waals surface area contributed by atoms with Crippen molar-refractivity contribution in [1.82, 2.24) is 9.97 Å². The highest BCUT2D eigenvalue weighted by Gasteiger charge is 2.05. The number of benzene rings is 1. The molecule has 20 heavy (non-hydrogen) atoms. The number of hydrogen-bond donors (Lipinski definition) is 3. The van der Waals surface area contributed by atoms with Crippen molar-refractivity contribution in [3.05, 3.63) is 41.1 Å². The van der Waals surface area contributed by atoms with Gasteiger partial charge in [0.2, 0.25) is 0 Å². The Morgan fingerprint density at radius 3 is 2.75 bits per heavy atom. The SMILES string of the molecule is CC(CCN)Nc1cc(Nc2ccccc2Br)ncn1. The molecule has 0 fully saturated rings. The second kappa shape index (κ2) is 7.21. The first kappa shape index (κ1) is 14.7. The van der Waals surface area contributed by atoms with Crippen LogP contribution in [-0.4, -0.2) is 22.6 Å². The number of nitrogens with two attached hydrogens (primary N) is 1. The molecule has 4 N–H and O–H groups in total. The summed E-state index contributed by atoms with van der Waals surface area (Å²) in [5.41, 5.74) is 6.51. The smallest absolute Gasteiger partial charge is 0.135 e. The van der Waals surface area contributed by atoms with Gasteiger partial charge in [0, 0.05) is 16.6 Å². The van der Waals surface area contributed by atoms with Crippen molar-refractivity contribution in [1.29, 1.82) is 0 Å².